The van der Waals surface area contributed by atoms with Gasteiger partial charge < -0.3 is 19.5 Å². The molecule has 0 bridgehead atoms. The number of hydrogen-bond donors (Lipinski definition) is 1. The Bertz CT molecular complexity index is 535. The topological polar surface area (TPSA) is 60.0 Å². The second-order valence-electron chi connectivity index (χ2n) is 5.54. The minimum absolute atomic E-state index is 0.0327. The summed E-state index contributed by atoms with van der Waals surface area (Å²) < 4.78 is 16.1. The number of amides is 1. The lowest BCUT2D eigenvalue weighted by molar-refractivity contribution is -0.127. The number of carbonyl (C=O) groups is 1. The Balaban J connectivity index is 1.64. The molecule has 2 heterocycles. The molecule has 0 radical (unpaired) electrons. The number of rotatable bonds is 5. The maximum atomic E-state index is 12.5. The van der Waals surface area contributed by atoms with Gasteiger partial charge in [-0.1, -0.05) is 13.3 Å². The number of hydrogen-bond acceptors (Lipinski definition) is 5. The zero-order valence-corrected chi connectivity index (χ0v) is 12.8. The molecule has 120 valence electrons. The van der Waals surface area contributed by atoms with Gasteiger partial charge in [-0.05, 0) is 25.1 Å². The summed E-state index contributed by atoms with van der Waals surface area (Å²) in [6.45, 7) is 5.26. The van der Waals surface area contributed by atoms with Gasteiger partial charge in [0, 0.05) is 18.3 Å². The van der Waals surface area contributed by atoms with E-state index in [0.29, 0.717) is 24.7 Å². The van der Waals surface area contributed by atoms with Crippen molar-refractivity contribution in [1.29, 1.82) is 0 Å². The molecule has 2 aliphatic heterocycles. The molecule has 3 rings (SSSR count). The molecule has 1 fully saturated rings. The average Bonchev–Trinajstić information content (AvgIpc) is 3.00. The number of carbonyl (C=O) groups excluding carboxylic acids is 1. The summed E-state index contributed by atoms with van der Waals surface area (Å²) in [5.41, 5.74) is 0.718. The van der Waals surface area contributed by atoms with Crippen LogP contribution in [0.3, 0.4) is 0 Å². The first kappa shape index (κ1) is 15.1. The third kappa shape index (κ3) is 3.34. The van der Waals surface area contributed by atoms with Gasteiger partial charge in [0.2, 0.25) is 12.7 Å². The average molecular weight is 306 g/mol. The number of benzene rings is 1. The molecule has 1 saturated heterocycles. The van der Waals surface area contributed by atoms with E-state index in [1.165, 1.54) is 0 Å². The fourth-order valence-electron chi connectivity index (χ4n) is 2.71. The van der Waals surface area contributed by atoms with Crippen LogP contribution < -0.4 is 14.8 Å². The highest BCUT2D eigenvalue weighted by atomic mass is 16.7. The maximum absolute atomic E-state index is 12.5. The molecule has 1 amide bonds. The molecule has 22 heavy (non-hydrogen) atoms. The lowest BCUT2D eigenvalue weighted by Gasteiger charge is -2.34. The minimum atomic E-state index is -0.231. The first-order chi connectivity index (χ1) is 10.8. The molecule has 6 nitrogen and oxygen atoms in total. The van der Waals surface area contributed by atoms with Crippen molar-refractivity contribution in [1.82, 2.24) is 4.90 Å². The predicted molar refractivity (Wildman–Crippen MR) is 82.3 cm³/mol. The Morgan fingerprint density at radius 1 is 1.36 bits per heavy atom. The van der Waals surface area contributed by atoms with Crippen molar-refractivity contribution < 1.29 is 19.0 Å². The largest absolute Gasteiger partial charge is 0.454 e. The highest BCUT2D eigenvalue weighted by Crippen LogP contribution is 2.34. The second-order valence-corrected chi connectivity index (χ2v) is 5.54. The Morgan fingerprint density at radius 2 is 2.23 bits per heavy atom. The summed E-state index contributed by atoms with van der Waals surface area (Å²) in [4.78, 5) is 14.7. The molecule has 6 heteroatoms. The second kappa shape index (κ2) is 6.98. The molecule has 1 unspecified atom stereocenters. The number of ether oxygens (including phenoxy) is 3. The van der Waals surface area contributed by atoms with Crippen LogP contribution in [0.5, 0.6) is 11.5 Å². The van der Waals surface area contributed by atoms with E-state index in [2.05, 4.69) is 17.1 Å². The van der Waals surface area contributed by atoms with Gasteiger partial charge in [0.05, 0.1) is 13.2 Å². The summed E-state index contributed by atoms with van der Waals surface area (Å²) in [5.74, 6) is 1.35. The summed E-state index contributed by atoms with van der Waals surface area (Å²) in [7, 11) is 0. The number of morpholine rings is 1. The number of unbranched alkanes of at least 4 members (excludes halogenated alkanes) is 1. The first-order valence-electron chi connectivity index (χ1n) is 7.80. The minimum Gasteiger partial charge on any atom is -0.454 e. The van der Waals surface area contributed by atoms with Crippen molar-refractivity contribution in [3.05, 3.63) is 18.2 Å². The van der Waals surface area contributed by atoms with E-state index in [4.69, 9.17) is 14.2 Å². The maximum Gasteiger partial charge on any atom is 0.244 e. The molecule has 0 aliphatic carbocycles. The molecular formula is C16H22N2O4. The van der Waals surface area contributed by atoms with Crippen LogP contribution in [0, 0.1) is 0 Å². The van der Waals surface area contributed by atoms with E-state index < -0.39 is 0 Å². The lowest BCUT2D eigenvalue weighted by Crippen LogP contribution is -2.52. The molecule has 1 N–H and O–H groups in total. The standard InChI is InChI=1S/C16H22N2O4/c1-2-3-6-18-7-8-20-10-13(18)16(19)17-12-4-5-14-15(9-12)22-11-21-14/h4-5,9,13H,2-3,6-8,10-11H2,1H3,(H,17,19). The summed E-state index contributed by atoms with van der Waals surface area (Å²) in [5, 5.41) is 2.95. The number of nitrogens with zero attached hydrogens (tertiary/aromatic N) is 1. The molecule has 0 aromatic heterocycles. The normalized spacial score (nSPS) is 20.9. The van der Waals surface area contributed by atoms with E-state index in [0.717, 1.165) is 31.6 Å². The predicted octanol–water partition coefficient (Wildman–Crippen LogP) is 1.85. The van der Waals surface area contributed by atoms with Crippen LogP contribution in [0.1, 0.15) is 19.8 Å². The van der Waals surface area contributed by atoms with E-state index in [9.17, 15) is 4.79 Å². The van der Waals surface area contributed by atoms with E-state index >= 15 is 0 Å². The molecule has 0 saturated carbocycles. The van der Waals surface area contributed by atoms with Crippen molar-refractivity contribution >= 4 is 11.6 Å². The molecule has 0 spiro atoms. The van der Waals surface area contributed by atoms with Crippen LogP contribution in [0.15, 0.2) is 18.2 Å². The van der Waals surface area contributed by atoms with Gasteiger partial charge in [-0.2, -0.15) is 0 Å². The third-order valence-corrected chi connectivity index (χ3v) is 3.98. The molecule has 1 atom stereocenters. The van der Waals surface area contributed by atoms with Crippen LogP contribution in [0.4, 0.5) is 5.69 Å². The summed E-state index contributed by atoms with van der Waals surface area (Å²) in [6, 6.07) is 5.20. The van der Waals surface area contributed by atoms with Crippen LogP contribution in [0.25, 0.3) is 0 Å². The van der Waals surface area contributed by atoms with Gasteiger partial charge in [0.25, 0.3) is 0 Å². The van der Waals surface area contributed by atoms with Gasteiger partial charge in [-0.25, -0.2) is 0 Å². The van der Waals surface area contributed by atoms with Crippen molar-refractivity contribution in [2.45, 2.75) is 25.8 Å². The van der Waals surface area contributed by atoms with Crippen LogP contribution >= 0.6 is 0 Å². The van der Waals surface area contributed by atoms with Gasteiger partial charge >= 0.3 is 0 Å². The fraction of sp³-hybridized carbons (Fsp3) is 0.562. The summed E-state index contributed by atoms with van der Waals surface area (Å²) >= 11 is 0. The Kier molecular flexibility index (Phi) is 4.80. The lowest BCUT2D eigenvalue weighted by atomic mass is 10.1. The number of anilines is 1. The Labute approximate surface area is 130 Å². The van der Waals surface area contributed by atoms with Crippen molar-refractivity contribution in [2.24, 2.45) is 0 Å². The monoisotopic (exact) mass is 306 g/mol. The fourth-order valence-corrected chi connectivity index (χ4v) is 2.71. The molecule has 2 aliphatic rings. The van der Waals surface area contributed by atoms with Crippen molar-refractivity contribution in [3.8, 4) is 11.5 Å². The smallest absolute Gasteiger partial charge is 0.244 e. The number of nitrogens with one attached hydrogen (secondary N) is 1. The molecule has 1 aromatic carbocycles. The highest BCUT2D eigenvalue weighted by molar-refractivity contribution is 5.95. The molecule has 1 aromatic rings. The SMILES string of the molecule is CCCCN1CCOCC1C(=O)Nc1ccc2c(c1)OCO2. The molecular weight excluding hydrogens is 284 g/mol. The van der Waals surface area contributed by atoms with Gasteiger partial charge in [-0.15, -0.1) is 0 Å². The van der Waals surface area contributed by atoms with Gasteiger partial charge in [0.1, 0.15) is 6.04 Å². The van der Waals surface area contributed by atoms with E-state index in [-0.39, 0.29) is 18.7 Å². The number of fused-ring (bicyclic) bond motifs is 1. The van der Waals surface area contributed by atoms with E-state index in [1.54, 1.807) is 6.07 Å². The van der Waals surface area contributed by atoms with Crippen LogP contribution in [0.2, 0.25) is 0 Å². The van der Waals surface area contributed by atoms with Crippen LogP contribution in [-0.2, 0) is 9.53 Å². The third-order valence-electron chi connectivity index (χ3n) is 3.98. The van der Waals surface area contributed by atoms with Crippen LogP contribution in [-0.4, -0.2) is 49.9 Å². The first-order valence-corrected chi connectivity index (χ1v) is 7.80. The van der Waals surface area contributed by atoms with Gasteiger partial charge in [-0.3, -0.25) is 9.69 Å². The highest BCUT2D eigenvalue weighted by Gasteiger charge is 2.29. The van der Waals surface area contributed by atoms with E-state index in [1.807, 2.05) is 12.1 Å². The van der Waals surface area contributed by atoms with Gasteiger partial charge in [0.15, 0.2) is 11.5 Å². The Hall–Kier alpha value is -1.79. The zero-order chi connectivity index (χ0) is 15.4. The van der Waals surface area contributed by atoms with Crippen molar-refractivity contribution in [2.75, 3.05) is 38.4 Å². The summed E-state index contributed by atoms with van der Waals surface area (Å²) in [6.07, 6.45) is 2.21. The van der Waals surface area contributed by atoms with Crippen molar-refractivity contribution in [3.63, 3.8) is 0 Å². The Morgan fingerprint density at radius 3 is 3.09 bits per heavy atom. The quantitative estimate of drug-likeness (QED) is 0.899. The zero-order valence-electron chi connectivity index (χ0n) is 12.8.